The van der Waals surface area contributed by atoms with E-state index in [-0.39, 0.29) is 0 Å². The second-order valence-electron chi connectivity index (χ2n) is 9.09. The third-order valence-corrected chi connectivity index (χ3v) is 8.44. The van der Waals surface area contributed by atoms with Crippen LogP contribution in [0.4, 0.5) is 0 Å². The summed E-state index contributed by atoms with van der Waals surface area (Å²) in [5.74, 6) is 0. The largest absolute Gasteiger partial charge is 0.248 e. The van der Waals surface area contributed by atoms with Gasteiger partial charge in [-0.15, -0.1) is 0 Å². The standard InChI is InChI=1S/C31H22Br3N/c32-24-9-1-19(2-10-24)17-22-7-15-27-29(21-5-13-26(34)14-6-21)28-16-8-23(31(28)35-30(22)27)18-20-3-11-25(33)12-4-20/h1-6,9-14,17-18H,7-8,15-16H2. The molecule has 172 valence electrons. The van der Waals surface area contributed by atoms with Gasteiger partial charge in [-0.25, -0.2) is 4.98 Å². The lowest BCUT2D eigenvalue weighted by molar-refractivity contribution is 1.05. The Hall–Kier alpha value is -2.27. The van der Waals surface area contributed by atoms with Crippen LogP contribution in [0.5, 0.6) is 0 Å². The summed E-state index contributed by atoms with van der Waals surface area (Å²) in [7, 11) is 0. The highest BCUT2D eigenvalue weighted by molar-refractivity contribution is 9.11. The molecule has 0 saturated carbocycles. The summed E-state index contributed by atoms with van der Waals surface area (Å²) in [6, 6.07) is 25.8. The van der Waals surface area contributed by atoms with E-state index in [9.17, 15) is 0 Å². The minimum absolute atomic E-state index is 1.02. The Morgan fingerprint density at radius 1 is 0.514 bits per heavy atom. The van der Waals surface area contributed by atoms with Crippen LogP contribution in [0.3, 0.4) is 0 Å². The number of pyridine rings is 1. The molecule has 2 aliphatic rings. The van der Waals surface area contributed by atoms with Gasteiger partial charge in [0.1, 0.15) is 0 Å². The number of fused-ring (bicyclic) bond motifs is 2. The summed E-state index contributed by atoms with van der Waals surface area (Å²) in [6.07, 6.45) is 8.75. The first-order valence-corrected chi connectivity index (χ1v) is 14.2. The first-order chi connectivity index (χ1) is 17.0. The number of benzene rings is 3. The Bertz CT molecular complexity index is 1390. The molecule has 0 spiro atoms. The van der Waals surface area contributed by atoms with Gasteiger partial charge < -0.3 is 0 Å². The van der Waals surface area contributed by atoms with Crippen LogP contribution in [0.2, 0.25) is 0 Å². The smallest absolute Gasteiger partial charge is 0.0707 e. The maximum Gasteiger partial charge on any atom is 0.0707 e. The lowest BCUT2D eigenvalue weighted by atomic mass is 9.93. The van der Waals surface area contributed by atoms with Gasteiger partial charge in [0, 0.05) is 13.4 Å². The minimum atomic E-state index is 1.02. The average Bonchev–Trinajstić information content (AvgIpc) is 3.45. The quantitative estimate of drug-likeness (QED) is 0.216. The predicted molar refractivity (Wildman–Crippen MR) is 158 cm³/mol. The maximum absolute atomic E-state index is 5.36. The van der Waals surface area contributed by atoms with E-state index in [2.05, 4.69) is 133 Å². The molecule has 0 N–H and O–H groups in total. The summed E-state index contributed by atoms with van der Waals surface area (Å²) >= 11 is 10.7. The molecule has 0 aliphatic heterocycles. The summed E-state index contributed by atoms with van der Waals surface area (Å²) in [6.45, 7) is 0. The van der Waals surface area contributed by atoms with Crippen molar-refractivity contribution in [1.82, 2.24) is 4.98 Å². The van der Waals surface area contributed by atoms with Crippen molar-refractivity contribution >= 4 is 71.1 Å². The lowest BCUT2D eigenvalue weighted by Crippen LogP contribution is -2.00. The van der Waals surface area contributed by atoms with E-state index < -0.39 is 0 Å². The zero-order valence-electron chi connectivity index (χ0n) is 19.0. The van der Waals surface area contributed by atoms with Gasteiger partial charge in [0.15, 0.2) is 0 Å². The Morgan fingerprint density at radius 3 is 1.34 bits per heavy atom. The first-order valence-electron chi connectivity index (χ1n) is 11.8. The number of nitrogens with zero attached hydrogens (tertiary/aromatic N) is 1. The fourth-order valence-corrected chi connectivity index (χ4v) is 6.00. The molecule has 1 aromatic heterocycles. The van der Waals surface area contributed by atoms with Gasteiger partial charge in [-0.1, -0.05) is 84.2 Å². The van der Waals surface area contributed by atoms with Gasteiger partial charge in [-0.3, -0.25) is 0 Å². The number of rotatable bonds is 3. The van der Waals surface area contributed by atoms with Gasteiger partial charge in [0.05, 0.1) is 11.4 Å². The van der Waals surface area contributed by atoms with Crippen LogP contribution in [0.15, 0.2) is 86.2 Å². The van der Waals surface area contributed by atoms with Crippen LogP contribution < -0.4 is 0 Å². The molecule has 35 heavy (non-hydrogen) atoms. The molecule has 0 radical (unpaired) electrons. The number of halogens is 3. The summed E-state index contributed by atoms with van der Waals surface area (Å²) in [4.78, 5) is 5.36. The van der Waals surface area contributed by atoms with E-state index in [0.717, 1.165) is 39.1 Å². The maximum atomic E-state index is 5.36. The highest BCUT2D eigenvalue weighted by Gasteiger charge is 2.30. The van der Waals surface area contributed by atoms with Crippen molar-refractivity contribution in [3.8, 4) is 11.1 Å². The van der Waals surface area contributed by atoms with E-state index >= 15 is 0 Å². The van der Waals surface area contributed by atoms with Crippen LogP contribution in [0, 0.1) is 0 Å². The van der Waals surface area contributed by atoms with Crippen molar-refractivity contribution in [2.45, 2.75) is 25.7 Å². The van der Waals surface area contributed by atoms with Crippen molar-refractivity contribution in [1.29, 1.82) is 0 Å². The molecule has 1 nitrogen and oxygen atoms in total. The van der Waals surface area contributed by atoms with E-state index in [1.807, 2.05) is 0 Å². The van der Waals surface area contributed by atoms with E-state index in [0.29, 0.717) is 0 Å². The van der Waals surface area contributed by atoms with Gasteiger partial charge in [-0.2, -0.15) is 0 Å². The monoisotopic (exact) mass is 645 g/mol. The van der Waals surface area contributed by atoms with E-state index in [1.54, 1.807) is 0 Å². The molecule has 0 bridgehead atoms. The third kappa shape index (κ3) is 4.64. The van der Waals surface area contributed by atoms with Crippen molar-refractivity contribution in [3.05, 3.63) is 120 Å². The zero-order chi connectivity index (χ0) is 23.9. The van der Waals surface area contributed by atoms with E-state index in [1.165, 1.54) is 55.9 Å². The van der Waals surface area contributed by atoms with Crippen molar-refractivity contribution in [2.24, 2.45) is 0 Å². The summed E-state index contributed by atoms with van der Waals surface area (Å²) in [5.41, 5.74) is 12.9. The molecule has 0 atom stereocenters. The second kappa shape index (κ2) is 9.65. The molecule has 3 aromatic carbocycles. The van der Waals surface area contributed by atoms with Crippen molar-refractivity contribution < 1.29 is 0 Å². The Labute approximate surface area is 231 Å². The molecular weight excluding hydrogens is 626 g/mol. The molecule has 2 aliphatic carbocycles. The molecule has 0 unspecified atom stereocenters. The number of hydrogen-bond acceptors (Lipinski definition) is 1. The van der Waals surface area contributed by atoms with Crippen LogP contribution in [-0.4, -0.2) is 4.98 Å². The molecule has 1 heterocycles. The SMILES string of the molecule is Brc1ccc(C=C2CCc3c2nc2c(c3-c3ccc(Br)cc3)CCC2=Cc2ccc(Br)cc2)cc1. The topological polar surface area (TPSA) is 12.9 Å². The van der Waals surface area contributed by atoms with Gasteiger partial charge in [-0.05, 0) is 119 Å². The fraction of sp³-hybridized carbons (Fsp3) is 0.129. The molecule has 4 heteroatoms. The summed E-state index contributed by atoms with van der Waals surface area (Å²) in [5, 5.41) is 0. The Balaban J connectivity index is 1.53. The Morgan fingerprint density at radius 2 is 0.914 bits per heavy atom. The minimum Gasteiger partial charge on any atom is -0.248 e. The molecule has 4 aromatic rings. The van der Waals surface area contributed by atoms with Crippen molar-refractivity contribution in [2.75, 3.05) is 0 Å². The predicted octanol–water partition coefficient (Wildman–Crippen LogP) is 10.0. The zero-order valence-corrected chi connectivity index (χ0v) is 23.8. The molecular formula is C31H22Br3N. The fourth-order valence-electron chi connectivity index (χ4n) is 5.21. The van der Waals surface area contributed by atoms with Crippen LogP contribution >= 0.6 is 47.8 Å². The highest BCUT2D eigenvalue weighted by Crippen LogP contribution is 2.46. The van der Waals surface area contributed by atoms with Gasteiger partial charge in [0.25, 0.3) is 0 Å². The normalized spacial score (nSPS) is 16.7. The van der Waals surface area contributed by atoms with Crippen LogP contribution in [0.1, 0.15) is 46.5 Å². The third-order valence-electron chi connectivity index (χ3n) is 6.85. The van der Waals surface area contributed by atoms with Gasteiger partial charge in [0.2, 0.25) is 0 Å². The molecule has 0 saturated heterocycles. The molecule has 6 rings (SSSR count). The lowest BCUT2D eigenvalue weighted by Gasteiger charge is -2.15. The number of aromatic nitrogens is 1. The first kappa shape index (κ1) is 23.1. The second-order valence-corrected chi connectivity index (χ2v) is 11.8. The average molecular weight is 648 g/mol. The number of hydrogen-bond donors (Lipinski definition) is 0. The van der Waals surface area contributed by atoms with E-state index in [4.69, 9.17) is 4.98 Å². The van der Waals surface area contributed by atoms with Crippen LogP contribution in [0.25, 0.3) is 34.4 Å². The van der Waals surface area contributed by atoms with Crippen molar-refractivity contribution in [3.63, 3.8) is 0 Å². The summed E-state index contributed by atoms with van der Waals surface area (Å²) < 4.78 is 3.31. The van der Waals surface area contributed by atoms with Gasteiger partial charge >= 0.3 is 0 Å². The van der Waals surface area contributed by atoms with Crippen LogP contribution in [-0.2, 0) is 12.8 Å². The highest BCUT2D eigenvalue weighted by atomic mass is 79.9. The number of allylic oxidation sites excluding steroid dienone is 2. The molecule has 0 amide bonds. The molecule has 0 fully saturated rings. The Kier molecular flexibility index (Phi) is 6.38.